The zero-order valence-corrected chi connectivity index (χ0v) is 11.1. The van der Waals surface area contributed by atoms with Crippen molar-refractivity contribution in [3.05, 3.63) is 29.8 Å². The van der Waals surface area contributed by atoms with Gasteiger partial charge in [-0.3, -0.25) is 0 Å². The average Bonchev–Trinajstić information content (AvgIpc) is 2.97. The van der Waals surface area contributed by atoms with E-state index in [0.29, 0.717) is 5.75 Å². The minimum Gasteiger partial charge on any atom is -0.497 e. The Morgan fingerprint density at radius 3 is 2.28 bits per heavy atom. The molecule has 18 heavy (non-hydrogen) atoms. The number of sulfone groups is 1. The van der Waals surface area contributed by atoms with Gasteiger partial charge in [0.05, 0.1) is 24.5 Å². The van der Waals surface area contributed by atoms with Crippen molar-refractivity contribution in [2.75, 3.05) is 20.0 Å². The Morgan fingerprint density at radius 2 is 1.94 bits per heavy atom. The Kier molecular flexibility index (Phi) is 3.12. The monoisotopic (exact) mass is 271 g/mol. The summed E-state index contributed by atoms with van der Waals surface area (Å²) < 4.78 is 28.4. The van der Waals surface area contributed by atoms with Gasteiger partial charge in [-0.25, -0.2) is 8.42 Å². The number of nitrogens with two attached hydrogens (primary N) is 1. The Labute approximate surface area is 106 Å². The smallest absolute Gasteiger partial charge is 0.152 e. The lowest BCUT2D eigenvalue weighted by atomic mass is 10.1. The lowest BCUT2D eigenvalue weighted by Gasteiger charge is -2.07. The number of methoxy groups -OCH3 is 1. The number of hydrogen-bond donors (Lipinski definition) is 2. The summed E-state index contributed by atoms with van der Waals surface area (Å²) in [5.74, 6) is 0.338. The zero-order valence-electron chi connectivity index (χ0n) is 10.3. The molecule has 0 saturated heterocycles. The fraction of sp³-hybridized carbons (Fsp3) is 0.500. The molecule has 1 aliphatic carbocycles. The van der Waals surface area contributed by atoms with E-state index in [1.165, 1.54) is 0 Å². The van der Waals surface area contributed by atoms with Crippen LogP contribution in [0.4, 0.5) is 0 Å². The molecule has 1 saturated carbocycles. The van der Waals surface area contributed by atoms with Gasteiger partial charge in [0, 0.05) is 12.2 Å². The minimum atomic E-state index is -3.28. The van der Waals surface area contributed by atoms with Crippen LogP contribution in [-0.2, 0) is 9.84 Å². The van der Waals surface area contributed by atoms with Crippen LogP contribution >= 0.6 is 0 Å². The van der Waals surface area contributed by atoms with E-state index in [0.717, 1.165) is 11.8 Å². The van der Waals surface area contributed by atoms with Crippen LogP contribution in [0, 0.1) is 0 Å². The van der Waals surface area contributed by atoms with Crippen molar-refractivity contribution in [2.24, 2.45) is 5.73 Å². The number of aliphatic hydroxyl groups excluding tert-OH is 1. The van der Waals surface area contributed by atoms with Crippen LogP contribution in [0.3, 0.4) is 0 Å². The van der Waals surface area contributed by atoms with Crippen LogP contribution in [0.2, 0.25) is 0 Å². The summed E-state index contributed by atoms with van der Waals surface area (Å²) in [5.41, 5.74) is 5.70. The third-order valence-corrected chi connectivity index (χ3v) is 5.15. The second kappa shape index (κ2) is 4.22. The Balaban J connectivity index is 2.33. The fourth-order valence-corrected chi connectivity index (χ4v) is 4.40. The van der Waals surface area contributed by atoms with Crippen LogP contribution in [0.1, 0.15) is 11.5 Å². The molecule has 1 aliphatic rings. The summed E-state index contributed by atoms with van der Waals surface area (Å²) >= 11 is 0. The normalized spacial score (nSPS) is 31.1. The van der Waals surface area contributed by atoms with Gasteiger partial charge in [0.15, 0.2) is 9.84 Å². The second-order valence-corrected chi connectivity index (χ2v) is 6.94. The molecule has 0 aliphatic heterocycles. The molecule has 5 nitrogen and oxygen atoms in total. The van der Waals surface area contributed by atoms with Gasteiger partial charge in [-0.2, -0.15) is 0 Å². The van der Waals surface area contributed by atoms with E-state index in [2.05, 4.69) is 0 Å². The third kappa shape index (κ3) is 2.00. The molecule has 0 amide bonds. The highest BCUT2D eigenvalue weighted by molar-refractivity contribution is 7.91. The van der Waals surface area contributed by atoms with Crippen LogP contribution in [0.15, 0.2) is 24.3 Å². The van der Waals surface area contributed by atoms with Gasteiger partial charge in [-0.15, -0.1) is 0 Å². The van der Waals surface area contributed by atoms with Gasteiger partial charge >= 0.3 is 0 Å². The van der Waals surface area contributed by atoms with Gasteiger partial charge in [-0.05, 0) is 17.7 Å². The van der Waals surface area contributed by atoms with E-state index < -0.39 is 20.6 Å². The molecule has 0 aromatic heterocycles. The molecule has 1 aromatic rings. The van der Waals surface area contributed by atoms with Gasteiger partial charge in [0.2, 0.25) is 0 Å². The van der Waals surface area contributed by atoms with Crippen molar-refractivity contribution in [1.29, 1.82) is 0 Å². The number of ether oxygens (including phenoxy) is 1. The maximum absolute atomic E-state index is 11.7. The number of rotatable bonds is 4. The molecular weight excluding hydrogens is 254 g/mol. The maximum Gasteiger partial charge on any atom is 0.152 e. The first-order valence-electron chi connectivity index (χ1n) is 5.57. The highest BCUT2D eigenvalue weighted by Crippen LogP contribution is 2.53. The van der Waals surface area contributed by atoms with Crippen molar-refractivity contribution in [3.8, 4) is 5.75 Å². The SMILES string of the molecule is COc1ccc([C@H]2[C@H](S(C)(=O)=O)[C@@]2(N)CO)cc1. The summed E-state index contributed by atoms with van der Waals surface area (Å²) in [5, 5.41) is 8.60. The van der Waals surface area contributed by atoms with Gasteiger partial charge in [-0.1, -0.05) is 12.1 Å². The lowest BCUT2D eigenvalue weighted by molar-refractivity contribution is 0.253. The first kappa shape index (κ1) is 13.3. The highest BCUT2D eigenvalue weighted by atomic mass is 32.2. The highest BCUT2D eigenvalue weighted by Gasteiger charge is 2.67. The lowest BCUT2D eigenvalue weighted by Crippen LogP contribution is -2.34. The minimum absolute atomic E-state index is 0.346. The Bertz CT molecular complexity index is 540. The van der Waals surface area contributed by atoms with E-state index in [9.17, 15) is 13.5 Å². The average molecular weight is 271 g/mol. The van der Waals surface area contributed by atoms with E-state index in [1.54, 1.807) is 31.4 Å². The second-order valence-electron chi connectivity index (χ2n) is 4.77. The van der Waals surface area contributed by atoms with Crippen LogP contribution in [-0.4, -0.2) is 44.3 Å². The first-order valence-corrected chi connectivity index (χ1v) is 7.52. The molecule has 1 aromatic carbocycles. The molecule has 6 heteroatoms. The summed E-state index contributed by atoms with van der Waals surface area (Å²) in [6.07, 6.45) is 1.15. The van der Waals surface area contributed by atoms with Gasteiger partial charge in [0.1, 0.15) is 5.75 Å². The number of benzene rings is 1. The van der Waals surface area contributed by atoms with Crippen molar-refractivity contribution >= 4 is 9.84 Å². The summed E-state index contributed by atoms with van der Waals surface area (Å²) in [6.45, 7) is -0.346. The van der Waals surface area contributed by atoms with Gasteiger partial charge < -0.3 is 15.6 Å². The van der Waals surface area contributed by atoms with Crippen LogP contribution < -0.4 is 10.5 Å². The molecule has 0 spiro atoms. The molecule has 0 heterocycles. The van der Waals surface area contributed by atoms with Crippen LogP contribution in [0.25, 0.3) is 0 Å². The summed E-state index contributed by atoms with van der Waals surface area (Å²) in [4.78, 5) is 0. The number of hydrogen-bond acceptors (Lipinski definition) is 5. The predicted molar refractivity (Wildman–Crippen MR) is 68.4 cm³/mol. The molecule has 3 N–H and O–H groups in total. The summed E-state index contributed by atoms with van der Waals surface area (Å²) in [7, 11) is -1.72. The summed E-state index contributed by atoms with van der Waals surface area (Å²) in [6, 6.07) is 7.08. The molecular formula is C12H17NO4S. The van der Waals surface area contributed by atoms with E-state index in [4.69, 9.17) is 10.5 Å². The topological polar surface area (TPSA) is 89.6 Å². The Morgan fingerprint density at radius 1 is 1.39 bits per heavy atom. The molecule has 1 fully saturated rings. The van der Waals surface area contributed by atoms with Crippen LogP contribution in [0.5, 0.6) is 5.75 Å². The van der Waals surface area contributed by atoms with Crippen molar-refractivity contribution in [3.63, 3.8) is 0 Å². The molecule has 0 radical (unpaired) electrons. The third-order valence-electron chi connectivity index (χ3n) is 3.51. The van der Waals surface area contributed by atoms with Gasteiger partial charge in [0.25, 0.3) is 0 Å². The number of aliphatic hydroxyl groups is 1. The molecule has 2 rings (SSSR count). The van der Waals surface area contributed by atoms with E-state index >= 15 is 0 Å². The maximum atomic E-state index is 11.7. The quantitative estimate of drug-likeness (QED) is 0.798. The Hall–Kier alpha value is -1.11. The molecule has 3 atom stereocenters. The molecule has 100 valence electrons. The standard InChI is InChI=1S/C12H17NO4S/c1-17-9-5-3-8(4-6-9)10-11(18(2,15)16)12(10,13)7-14/h3-6,10-11,14H,7,13H2,1-2H3/t10-,11-,12+/m0/s1. The first-order chi connectivity index (χ1) is 8.34. The molecule has 0 unspecified atom stereocenters. The van der Waals surface area contributed by atoms with Crippen molar-refractivity contribution < 1.29 is 18.3 Å². The fourth-order valence-electron chi connectivity index (χ4n) is 2.55. The zero-order chi connectivity index (χ0) is 13.6. The van der Waals surface area contributed by atoms with Crippen molar-refractivity contribution in [2.45, 2.75) is 16.7 Å². The molecule has 0 bridgehead atoms. The van der Waals surface area contributed by atoms with E-state index in [1.807, 2.05) is 0 Å². The van der Waals surface area contributed by atoms with E-state index in [-0.39, 0.29) is 12.5 Å². The van der Waals surface area contributed by atoms with Crippen molar-refractivity contribution in [1.82, 2.24) is 0 Å². The predicted octanol–water partition coefficient (Wildman–Crippen LogP) is -0.105. The largest absolute Gasteiger partial charge is 0.497 e.